The SMILES string of the molecule is CCC.C[C@H](NC(=O)CNC=O)C(=O)NCC(=O)C(=O)NC1Cc2ccccc2C1.Cc1ccccc1.Cc1ccccc1. The zero-order chi connectivity index (χ0) is 32.7. The Kier molecular flexibility index (Phi) is 18.5. The van der Waals surface area contributed by atoms with E-state index < -0.39 is 36.1 Å². The number of benzene rings is 3. The fourth-order valence-corrected chi connectivity index (χ4v) is 3.89. The molecule has 0 aromatic heterocycles. The molecule has 236 valence electrons. The molecule has 0 heterocycles. The van der Waals surface area contributed by atoms with Gasteiger partial charge in [-0.3, -0.25) is 24.0 Å². The van der Waals surface area contributed by atoms with Crippen molar-refractivity contribution in [2.45, 2.75) is 66.0 Å². The topological polar surface area (TPSA) is 133 Å². The highest BCUT2D eigenvalue weighted by Gasteiger charge is 2.25. The second kappa shape index (κ2) is 21.8. The first kappa shape index (κ1) is 37.2. The summed E-state index contributed by atoms with van der Waals surface area (Å²) in [6, 6.07) is 27.3. The van der Waals surface area contributed by atoms with Gasteiger partial charge in [0.25, 0.3) is 5.91 Å². The minimum atomic E-state index is -0.911. The number of nitrogens with one attached hydrogen (secondary N) is 4. The molecule has 0 bridgehead atoms. The number of fused-ring (bicyclic) bond motifs is 1. The highest BCUT2D eigenvalue weighted by atomic mass is 16.2. The predicted molar refractivity (Wildman–Crippen MR) is 174 cm³/mol. The molecule has 0 unspecified atom stereocenters. The zero-order valence-electron chi connectivity index (χ0n) is 26.4. The van der Waals surface area contributed by atoms with Crippen LogP contribution in [0.4, 0.5) is 0 Å². The van der Waals surface area contributed by atoms with Crippen LogP contribution >= 0.6 is 0 Å². The third-order valence-corrected chi connectivity index (χ3v) is 6.06. The van der Waals surface area contributed by atoms with Crippen LogP contribution in [-0.2, 0) is 36.8 Å². The van der Waals surface area contributed by atoms with Crippen LogP contribution in [0.25, 0.3) is 0 Å². The molecule has 4 rings (SSSR count). The Balaban J connectivity index is 0.000000456. The number of Topliss-reactive ketones (excluding diaryl/α,β-unsaturated/α-hetero) is 1. The van der Waals surface area contributed by atoms with Gasteiger partial charge >= 0.3 is 0 Å². The Morgan fingerprint density at radius 3 is 1.64 bits per heavy atom. The molecule has 0 fully saturated rings. The van der Waals surface area contributed by atoms with Crippen LogP contribution in [-0.4, -0.2) is 55.1 Å². The van der Waals surface area contributed by atoms with Gasteiger partial charge in [-0.05, 0) is 44.7 Å². The lowest BCUT2D eigenvalue weighted by Gasteiger charge is -2.14. The van der Waals surface area contributed by atoms with Crippen molar-refractivity contribution in [2.75, 3.05) is 13.1 Å². The average molecular weight is 603 g/mol. The van der Waals surface area contributed by atoms with E-state index in [0.29, 0.717) is 19.3 Å². The molecule has 1 aliphatic rings. The van der Waals surface area contributed by atoms with E-state index in [1.54, 1.807) is 0 Å². The molecule has 3 aromatic rings. The Hall–Kier alpha value is -4.79. The monoisotopic (exact) mass is 602 g/mol. The Morgan fingerprint density at radius 2 is 1.23 bits per heavy atom. The van der Waals surface area contributed by atoms with Crippen LogP contribution in [0, 0.1) is 13.8 Å². The Morgan fingerprint density at radius 1 is 0.773 bits per heavy atom. The summed E-state index contributed by atoms with van der Waals surface area (Å²) in [5.41, 5.74) is 4.94. The number of ketones is 1. The normalized spacial score (nSPS) is 11.7. The summed E-state index contributed by atoms with van der Waals surface area (Å²) in [4.78, 5) is 57.3. The molecular weight excluding hydrogens is 556 g/mol. The average Bonchev–Trinajstić information content (AvgIpc) is 3.42. The number of aryl methyl sites for hydroxylation is 2. The van der Waals surface area contributed by atoms with Gasteiger partial charge in [-0.1, -0.05) is 116 Å². The van der Waals surface area contributed by atoms with Gasteiger partial charge < -0.3 is 21.3 Å². The third-order valence-electron chi connectivity index (χ3n) is 6.06. The van der Waals surface area contributed by atoms with Crippen LogP contribution in [0.5, 0.6) is 0 Å². The van der Waals surface area contributed by atoms with E-state index in [-0.39, 0.29) is 12.6 Å². The molecule has 0 saturated heterocycles. The van der Waals surface area contributed by atoms with Gasteiger partial charge in [0.05, 0.1) is 13.1 Å². The van der Waals surface area contributed by atoms with Crippen molar-refractivity contribution in [1.29, 1.82) is 0 Å². The molecule has 1 atom stereocenters. The molecule has 1 aliphatic carbocycles. The van der Waals surface area contributed by atoms with Gasteiger partial charge in [-0.25, -0.2) is 0 Å². The fourth-order valence-electron chi connectivity index (χ4n) is 3.89. The molecule has 0 aliphatic heterocycles. The molecule has 4 N–H and O–H groups in total. The van der Waals surface area contributed by atoms with E-state index in [1.165, 1.54) is 24.5 Å². The molecule has 0 spiro atoms. The standard InChI is InChI=1S/C18H22N4O5.2C7H8.C3H8/c1-11(21-16(25)9-19-10-23)17(26)20-8-15(24)18(27)22-14-6-12-4-2-3-5-13(12)7-14;2*1-7-5-3-2-4-6-7;1-3-2/h2-5,10-11,14H,6-9H2,1H3,(H,19,23)(H,20,26)(H,21,25)(H,22,27);2*2-6H,1H3;3H2,1-2H3/t11-;;;/m0.../s1. The number of amides is 4. The Labute approximate surface area is 261 Å². The van der Waals surface area contributed by atoms with E-state index in [9.17, 15) is 24.0 Å². The van der Waals surface area contributed by atoms with Crippen molar-refractivity contribution >= 4 is 29.9 Å². The molecule has 9 heteroatoms. The fraction of sp³-hybridized carbons (Fsp3) is 0.343. The summed E-state index contributed by atoms with van der Waals surface area (Å²) in [6.45, 7) is 9.12. The second-order valence-corrected chi connectivity index (χ2v) is 10.3. The summed E-state index contributed by atoms with van der Waals surface area (Å²) < 4.78 is 0. The quantitative estimate of drug-likeness (QED) is 0.219. The van der Waals surface area contributed by atoms with Crippen molar-refractivity contribution in [3.8, 4) is 0 Å². The zero-order valence-corrected chi connectivity index (χ0v) is 26.4. The predicted octanol–water partition coefficient (Wildman–Crippen LogP) is 3.61. The van der Waals surface area contributed by atoms with E-state index in [1.807, 2.05) is 60.7 Å². The maximum Gasteiger partial charge on any atom is 0.289 e. The number of carbonyl (C=O) groups excluding carboxylic acids is 5. The summed E-state index contributed by atoms with van der Waals surface area (Å²) in [5, 5.41) is 9.51. The largest absolute Gasteiger partial charge is 0.350 e. The van der Waals surface area contributed by atoms with Gasteiger partial charge in [0.15, 0.2) is 0 Å². The van der Waals surface area contributed by atoms with Gasteiger partial charge in [0.2, 0.25) is 24.0 Å². The maximum absolute atomic E-state index is 12.0. The maximum atomic E-state index is 12.0. The first-order chi connectivity index (χ1) is 21.1. The van der Waals surface area contributed by atoms with Gasteiger partial charge in [-0.2, -0.15) is 0 Å². The van der Waals surface area contributed by atoms with Crippen molar-refractivity contribution in [2.24, 2.45) is 0 Å². The highest BCUT2D eigenvalue weighted by Crippen LogP contribution is 2.21. The van der Waals surface area contributed by atoms with Crippen molar-refractivity contribution in [3.63, 3.8) is 0 Å². The van der Waals surface area contributed by atoms with Gasteiger partial charge in [0, 0.05) is 6.04 Å². The number of hydrogen-bond acceptors (Lipinski definition) is 5. The van der Waals surface area contributed by atoms with E-state index in [2.05, 4.69) is 73.2 Å². The van der Waals surface area contributed by atoms with Crippen molar-refractivity contribution < 1.29 is 24.0 Å². The molecule has 44 heavy (non-hydrogen) atoms. The number of hydrogen-bond donors (Lipinski definition) is 4. The minimum Gasteiger partial charge on any atom is -0.350 e. The van der Waals surface area contributed by atoms with Crippen LogP contribution in [0.2, 0.25) is 0 Å². The molecule has 3 aromatic carbocycles. The van der Waals surface area contributed by atoms with Crippen molar-refractivity contribution in [1.82, 2.24) is 21.3 Å². The van der Waals surface area contributed by atoms with Crippen LogP contribution in [0.15, 0.2) is 84.9 Å². The molecule has 4 amide bonds. The molecule has 0 radical (unpaired) electrons. The van der Waals surface area contributed by atoms with Gasteiger partial charge in [0.1, 0.15) is 6.04 Å². The summed E-state index contributed by atoms with van der Waals surface area (Å²) in [6.07, 6.45) is 2.95. The Bertz CT molecular complexity index is 1240. The highest BCUT2D eigenvalue weighted by molar-refractivity contribution is 6.37. The van der Waals surface area contributed by atoms with Crippen LogP contribution < -0.4 is 21.3 Å². The minimum absolute atomic E-state index is 0.141. The first-order valence-electron chi connectivity index (χ1n) is 14.8. The molecule has 0 saturated carbocycles. The number of rotatable bonds is 9. The second-order valence-electron chi connectivity index (χ2n) is 10.3. The van der Waals surface area contributed by atoms with Crippen LogP contribution in [0.1, 0.15) is 49.4 Å². The lowest BCUT2D eigenvalue weighted by Crippen LogP contribution is -2.50. The number of carbonyl (C=O) groups is 5. The lowest BCUT2D eigenvalue weighted by atomic mass is 10.1. The lowest BCUT2D eigenvalue weighted by molar-refractivity contribution is -0.138. The summed E-state index contributed by atoms with van der Waals surface area (Å²) >= 11 is 0. The smallest absolute Gasteiger partial charge is 0.289 e. The van der Waals surface area contributed by atoms with E-state index in [0.717, 1.165) is 11.1 Å². The van der Waals surface area contributed by atoms with E-state index in [4.69, 9.17) is 0 Å². The summed E-state index contributed by atoms with van der Waals surface area (Å²) in [5.74, 6) is -2.67. The molecule has 9 nitrogen and oxygen atoms in total. The van der Waals surface area contributed by atoms with Crippen LogP contribution in [0.3, 0.4) is 0 Å². The molecular formula is C35H46N4O5. The third kappa shape index (κ3) is 16.0. The van der Waals surface area contributed by atoms with Crippen molar-refractivity contribution in [3.05, 3.63) is 107 Å². The first-order valence-corrected chi connectivity index (χ1v) is 14.8. The van der Waals surface area contributed by atoms with Gasteiger partial charge in [-0.15, -0.1) is 0 Å². The summed E-state index contributed by atoms with van der Waals surface area (Å²) in [7, 11) is 0. The van der Waals surface area contributed by atoms with E-state index >= 15 is 0 Å².